The summed E-state index contributed by atoms with van der Waals surface area (Å²) in [6, 6.07) is 0. The van der Waals surface area contributed by atoms with E-state index in [4.69, 9.17) is 24.3 Å². The van der Waals surface area contributed by atoms with Crippen LogP contribution in [-0.4, -0.2) is 49.3 Å². The molecular weight excluding hydrogens is 1150 g/mol. The zero-order valence-corrected chi connectivity index (χ0v) is 58.9. The van der Waals surface area contributed by atoms with Crippen molar-refractivity contribution in [2.75, 3.05) is 26.4 Å². The normalized spacial score (nSPS) is 13.9. The van der Waals surface area contributed by atoms with E-state index in [2.05, 4.69) is 184 Å². The SMILES string of the molecule is CC/C=C\C/C=C\C/C=C\C/C=C\C/C=C\C/C=C\C/C=C\C/C=C\C/C=C\C/C=C\C/C=C\C/C=C\CCCCC(=O)OC(COC(=O)CCCCCCCCCCCCCCCCCCCCC/C=C\C/C=C\CCCCCCC)COP(=O)(O)OCCN. The van der Waals surface area contributed by atoms with Crippen molar-refractivity contribution in [1.82, 2.24) is 0 Å². The summed E-state index contributed by atoms with van der Waals surface area (Å²) in [5, 5.41) is 0. The lowest BCUT2D eigenvalue weighted by molar-refractivity contribution is -0.161. The maximum Gasteiger partial charge on any atom is 0.472 e. The number of hydrogen-bond donors (Lipinski definition) is 2. The molecule has 91 heavy (non-hydrogen) atoms. The predicted molar refractivity (Wildman–Crippen MR) is 394 cm³/mol. The van der Waals surface area contributed by atoms with Crippen molar-refractivity contribution in [3.05, 3.63) is 170 Å². The van der Waals surface area contributed by atoms with Gasteiger partial charge < -0.3 is 20.1 Å². The number of unbranched alkanes of at least 4 members (excludes halogenated alkanes) is 26. The van der Waals surface area contributed by atoms with Crippen LogP contribution in [0.5, 0.6) is 0 Å². The molecule has 0 bridgehead atoms. The molecule has 0 aromatic heterocycles. The van der Waals surface area contributed by atoms with Crippen molar-refractivity contribution in [1.29, 1.82) is 0 Å². The number of carbonyl (C=O) groups excluding carboxylic acids is 2. The highest BCUT2D eigenvalue weighted by Crippen LogP contribution is 2.43. The van der Waals surface area contributed by atoms with Crippen LogP contribution < -0.4 is 5.73 Å². The molecule has 0 aliphatic carbocycles. The average Bonchev–Trinajstić information content (AvgIpc) is 3.71. The first-order valence-electron chi connectivity index (χ1n) is 36.6. The van der Waals surface area contributed by atoms with E-state index in [1.54, 1.807) is 0 Å². The fraction of sp³-hybridized carbons (Fsp3) is 0.630. The van der Waals surface area contributed by atoms with E-state index >= 15 is 0 Å². The van der Waals surface area contributed by atoms with Gasteiger partial charge in [0.05, 0.1) is 13.2 Å². The molecule has 0 spiro atoms. The highest BCUT2D eigenvalue weighted by atomic mass is 31.2. The Morgan fingerprint density at radius 3 is 0.923 bits per heavy atom. The summed E-state index contributed by atoms with van der Waals surface area (Å²) in [6.07, 6.45) is 110. The molecule has 0 aromatic rings. The summed E-state index contributed by atoms with van der Waals surface area (Å²) in [4.78, 5) is 35.4. The first-order valence-corrected chi connectivity index (χ1v) is 38.1. The Bertz CT molecular complexity index is 2100. The van der Waals surface area contributed by atoms with Gasteiger partial charge in [-0.1, -0.05) is 319 Å². The fourth-order valence-electron chi connectivity index (χ4n) is 9.71. The van der Waals surface area contributed by atoms with Crippen LogP contribution in [0.15, 0.2) is 170 Å². The van der Waals surface area contributed by atoms with E-state index in [-0.39, 0.29) is 32.6 Å². The van der Waals surface area contributed by atoms with Crippen LogP contribution in [0.3, 0.4) is 0 Å². The lowest BCUT2D eigenvalue weighted by Gasteiger charge is -2.19. The summed E-state index contributed by atoms with van der Waals surface area (Å²) in [5.41, 5.74) is 5.40. The third-order valence-corrected chi connectivity index (χ3v) is 16.1. The maximum absolute atomic E-state index is 12.8. The van der Waals surface area contributed by atoms with E-state index in [1.807, 2.05) is 0 Å². The van der Waals surface area contributed by atoms with Crippen LogP contribution in [0.2, 0.25) is 0 Å². The van der Waals surface area contributed by atoms with Crippen LogP contribution in [0.1, 0.15) is 296 Å². The molecule has 2 atom stereocenters. The van der Waals surface area contributed by atoms with Gasteiger partial charge >= 0.3 is 19.8 Å². The number of allylic oxidation sites excluding steroid dienone is 28. The predicted octanol–water partition coefficient (Wildman–Crippen LogP) is 24.5. The quantitative estimate of drug-likeness (QED) is 0.0264. The largest absolute Gasteiger partial charge is 0.472 e. The third-order valence-electron chi connectivity index (χ3n) is 15.1. The molecule has 2 unspecified atom stereocenters. The van der Waals surface area contributed by atoms with Gasteiger partial charge in [0.15, 0.2) is 6.10 Å². The molecule has 0 aromatic carbocycles. The molecule has 0 aliphatic rings. The minimum absolute atomic E-state index is 0.0385. The number of esters is 2. The van der Waals surface area contributed by atoms with Gasteiger partial charge in [-0.05, 0) is 135 Å². The summed E-state index contributed by atoms with van der Waals surface area (Å²) >= 11 is 0. The standard InChI is InChI=1S/C81H134NO8P/c1-3-5-7-9-11-13-15-17-19-21-23-25-27-29-31-33-35-36-37-38-39-40-41-42-44-46-48-50-52-54-56-58-60-62-64-66-68-70-72-74-81(84)90-79(78-89-91(85,86)88-76-75-82)77-87-80(83)73-71-69-67-65-63-61-59-57-55-53-51-49-47-45-43-34-32-30-28-26-24-22-20-18-16-14-12-10-8-6-4-2/h5,7,11,13,16-19,22-25,29,31,35-36,38-39,41-42,46,48,52,54,58,60,64,66,79H,3-4,6,8-10,12,14-15,20-21,26-28,30,32-34,37,40,43-45,47,49-51,53,55-57,59,61-63,65,67-78,82H2,1-2H3,(H,85,86)/b7-5-,13-11-,18-16-,19-17-,24-22-,25-23-,31-29-,36-35-,39-38-,42-41-,48-46-,54-52-,60-58-,66-64-. The van der Waals surface area contributed by atoms with Crippen LogP contribution in [0, 0.1) is 0 Å². The summed E-state index contributed by atoms with van der Waals surface area (Å²) in [5.74, 6) is -0.882. The summed E-state index contributed by atoms with van der Waals surface area (Å²) < 4.78 is 33.1. The molecule has 0 radical (unpaired) electrons. The van der Waals surface area contributed by atoms with Gasteiger partial charge in [-0.2, -0.15) is 0 Å². The number of phosphoric acid groups is 1. The minimum Gasteiger partial charge on any atom is -0.462 e. The smallest absolute Gasteiger partial charge is 0.462 e. The fourth-order valence-corrected chi connectivity index (χ4v) is 10.5. The third kappa shape index (κ3) is 74.3. The highest BCUT2D eigenvalue weighted by Gasteiger charge is 2.26. The van der Waals surface area contributed by atoms with E-state index in [9.17, 15) is 19.0 Å². The Labute approximate surface area is 559 Å². The average molecular weight is 1280 g/mol. The Morgan fingerprint density at radius 2 is 0.604 bits per heavy atom. The number of ether oxygens (including phenoxy) is 2. The van der Waals surface area contributed by atoms with Crippen LogP contribution in [0.4, 0.5) is 0 Å². The van der Waals surface area contributed by atoms with E-state index < -0.39 is 32.5 Å². The van der Waals surface area contributed by atoms with Crippen molar-refractivity contribution in [3.63, 3.8) is 0 Å². The van der Waals surface area contributed by atoms with Crippen molar-refractivity contribution < 1.29 is 37.6 Å². The number of phosphoric ester groups is 1. The molecule has 0 fully saturated rings. The molecule has 10 heteroatoms. The topological polar surface area (TPSA) is 134 Å². The van der Waals surface area contributed by atoms with Crippen molar-refractivity contribution in [3.8, 4) is 0 Å². The zero-order valence-electron chi connectivity index (χ0n) is 58.0. The first-order chi connectivity index (χ1) is 44.8. The number of rotatable bonds is 67. The second kappa shape index (κ2) is 74.4. The minimum atomic E-state index is -4.42. The summed E-state index contributed by atoms with van der Waals surface area (Å²) in [7, 11) is -4.42. The maximum atomic E-state index is 12.8. The Balaban J connectivity index is 4.01. The first kappa shape index (κ1) is 86.4. The molecule has 0 heterocycles. The molecule has 0 saturated carbocycles. The lowest BCUT2D eigenvalue weighted by atomic mass is 10.0. The molecule has 0 amide bonds. The van der Waals surface area contributed by atoms with Crippen LogP contribution in [0.25, 0.3) is 0 Å². The number of hydrogen-bond acceptors (Lipinski definition) is 8. The van der Waals surface area contributed by atoms with Gasteiger partial charge in [-0.3, -0.25) is 18.6 Å². The van der Waals surface area contributed by atoms with E-state index in [0.717, 1.165) is 116 Å². The molecule has 9 nitrogen and oxygen atoms in total. The molecule has 516 valence electrons. The van der Waals surface area contributed by atoms with Gasteiger partial charge in [-0.25, -0.2) is 4.57 Å². The van der Waals surface area contributed by atoms with Crippen molar-refractivity contribution >= 4 is 19.8 Å². The van der Waals surface area contributed by atoms with E-state index in [0.29, 0.717) is 6.42 Å². The monoisotopic (exact) mass is 1280 g/mol. The van der Waals surface area contributed by atoms with Crippen molar-refractivity contribution in [2.45, 2.75) is 302 Å². The second-order valence-corrected chi connectivity index (χ2v) is 25.2. The van der Waals surface area contributed by atoms with E-state index in [1.165, 1.54) is 148 Å². The zero-order chi connectivity index (χ0) is 65.8. The molecular formula is C81H134NO8P. The highest BCUT2D eigenvalue weighted by molar-refractivity contribution is 7.47. The molecule has 0 rings (SSSR count). The molecule has 3 N–H and O–H groups in total. The molecule has 0 aliphatic heterocycles. The number of nitrogens with two attached hydrogens (primary N) is 1. The Morgan fingerprint density at radius 1 is 0.341 bits per heavy atom. The lowest BCUT2D eigenvalue weighted by Crippen LogP contribution is -2.29. The van der Waals surface area contributed by atoms with Gasteiger partial charge in [0, 0.05) is 19.4 Å². The van der Waals surface area contributed by atoms with Gasteiger partial charge in [0.1, 0.15) is 6.61 Å². The van der Waals surface area contributed by atoms with Crippen LogP contribution in [-0.2, 0) is 32.7 Å². The van der Waals surface area contributed by atoms with Gasteiger partial charge in [0.2, 0.25) is 0 Å². The number of carbonyl (C=O) groups is 2. The Hall–Kier alpha value is -4.63. The van der Waals surface area contributed by atoms with Crippen LogP contribution >= 0.6 is 7.82 Å². The second-order valence-electron chi connectivity index (χ2n) is 23.7. The van der Waals surface area contributed by atoms with Gasteiger partial charge in [0.25, 0.3) is 0 Å². The Kier molecular flexibility index (Phi) is 70.6. The van der Waals surface area contributed by atoms with Gasteiger partial charge in [-0.15, -0.1) is 0 Å². The summed E-state index contributed by atoms with van der Waals surface area (Å²) in [6.45, 7) is 3.58. The van der Waals surface area contributed by atoms with Crippen molar-refractivity contribution in [2.24, 2.45) is 5.73 Å². The molecule has 0 saturated heterocycles.